The Bertz CT molecular complexity index is 717. The van der Waals surface area contributed by atoms with Crippen LogP contribution in [0, 0.1) is 0 Å². The number of rotatable bonds is 4. The minimum atomic E-state index is -1.06. The molecule has 124 valence electrons. The fourth-order valence-corrected chi connectivity index (χ4v) is 2.06. The Morgan fingerprint density at radius 3 is 2.17 bits per heavy atom. The van der Waals surface area contributed by atoms with E-state index in [2.05, 4.69) is 5.32 Å². The fourth-order valence-electron chi connectivity index (χ4n) is 2.06. The van der Waals surface area contributed by atoms with Gasteiger partial charge >= 0.3 is 23.0 Å². The third-order valence-corrected chi connectivity index (χ3v) is 3.10. The molecule has 0 aliphatic carbocycles. The van der Waals surface area contributed by atoms with Crippen LogP contribution in [0.3, 0.4) is 0 Å². The molecule has 0 atom stereocenters. The first-order valence-corrected chi connectivity index (χ1v) is 7.16. The molecule has 1 amide bonds. The zero-order valence-corrected chi connectivity index (χ0v) is 13.9. The predicted molar refractivity (Wildman–Crippen MR) is 89.5 cm³/mol. The van der Waals surface area contributed by atoms with Crippen LogP contribution < -0.4 is 5.32 Å². The molecule has 0 aromatic heterocycles. The first kappa shape index (κ1) is 19.4. The van der Waals surface area contributed by atoms with Crippen molar-refractivity contribution < 1.29 is 31.8 Å². The summed E-state index contributed by atoms with van der Waals surface area (Å²) in [6, 6.07) is 24.7. The topological polar surface area (TPSA) is 66.4 Å². The van der Waals surface area contributed by atoms with Gasteiger partial charge in [0.25, 0.3) is 0 Å². The van der Waals surface area contributed by atoms with Crippen LogP contribution in [0.15, 0.2) is 78.9 Å². The monoisotopic (exact) mass is 363 g/mol. The van der Waals surface area contributed by atoms with Gasteiger partial charge in [-0.25, -0.2) is 12.1 Å². The Balaban J connectivity index is 0.000000412. The summed E-state index contributed by atoms with van der Waals surface area (Å²) in [6.07, 6.45) is 0. The second kappa shape index (κ2) is 10.2. The molecule has 0 saturated carbocycles. The van der Waals surface area contributed by atoms with E-state index >= 15 is 0 Å². The summed E-state index contributed by atoms with van der Waals surface area (Å²) in [7, 11) is 0. The number of carbonyl (C=O) groups excluding carboxylic acids is 1. The van der Waals surface area contributed by atoms with Crippen LogP contribution in [-0.2, 0) is 21.9 Å². The van der Waals surface area contributed by atoms with E-state index in [9.17, 15) is 9.59 Å². The van der Waals surface area contributed by atoms with Gasteiger partial charge in [-0.05, 0) is 5.56 Å². The number of hydrogen-bond donors (Lipinski definition) is 2. The Morgan fingerprint density at radius 2 is 1.62 bits per heavy atom. The molecule has 0 spiro atoms. The van der Waals surface area contributed by atoms with Gasteiger partial charge in [-0.15, -0.1) is 23.8 Å². The molecular formula is C19H17FeNO3. The summed E-state index contributed by atoms with van der Waals surface area (Å²) in [4.78, 5) is 22.3. The Kier molecular flexibility index (Phi) is 8.26. The molecule has 3 rings (SSSR count). The third-order valence-electron chi connectivity index (χ3n) is 3.10. The normalized spacial score (nSPS) is 9.17. The number of benzene rings is 1. The molecule has 4 nitrogen and oxygen atoms in total. The maximum atomic E-state index is 11.9. The molecule has 5 heteroatoms. The molecule has 3 aromatic carbocycles. The quantitative estimate of drug-likeness (QED) is 0.552. The first-order valence-electron chi connectivity index (χ1n) is 7.16. The van der Waals surface area contributed by atoms with Crippen LogP contribution in [0.5, 0.6) is 0 Å². The van der Waals surface area contributed by atoms with Gasteiger partial charge in [0.05, 0.1) is 0 Å². The van der Waals surface area contributed by atoms with Crippen molar-refractivity contribution in [1.29, 1.82) is 0 Å². The van der Waals surface area contributed by atoms with E-state index in [4.69, 9.17) is 5.11 Å². The number of carboxylic acids is 1. The third kappa shape index (κ3) is 5.88. The average Bonchev–Trinajstić information content (AvgIpc) is 3.27. The van der Waals surface area contributed by atoms with Gasteiger partial charge in [0, 0.05) is 0 Å². The minimum Gasteiger partial charge on any atom is -0.480 e. The average molecular weight is 363 g/mol. The van der Waals surface area contributed by atoms with Gasteiger partial charge in [-0.3, -0.25) is 9.59 Å². The Labute approximate surface area is 151 Å². The number of nitrogens with one attached hydrogen (secondary N) is 1. The van der Waals surface area contributed by atoms with Crippen molar-refractivity contribution in [3.63, 3.8) is 0 Å². The van der Waals surface area contributed by atoms with Crippen LogP contribution in [-0.4, -0.2) is 23.5 Å². The van der Waals surface area contributed by atoms with Crippen molar-refractivity contribution in [3.05, 3.63) is 84.4 Å². The molecule has 0 aliphatic heterocycles. The van der Waals surface area contributed by atoms with Crippen molar-refractivity contribution in [2.75, 3.05) is 6.54 Å². The number of carbonyl (C=O) groups is 2. The van der Waals surface area contributed by atoms with Crippen molar-refractivity contribution >= 4 is 11.9 Å². The summed E-state index contributed by atoms with van der Waals surface area (Å²) in [6.45, 7) is -0.381. The SMILES string of the molecule is O=C(O)CNC(=O)c1ccccc1-[c-]1cccc1.[Fe+2].c1cc[cH-]c1. The summed E-state index contributed by atoms with van der Waals surface area (Å²) >= 11 is 0. The Morgan fingerprint density at radius 1 is 1.00 bits per heavy atom. The van der Waals surface area contributed by atoms with E-state index in [1.54, 1.807) is 12.1 Å². The van der Waals surface area contributed by atoms with E-state index in [1.165, 1.54) is 0 Å². The van der Waals surface area contributed by atoms with Crippen LogP contribution >= 0.6 is 0 Å². The molecule has 0 aliphatic rings. The van der Waals surface area contributed by atoms with E-state index in [0.29, 0.717) is 5.56 Å². The number of hydrogen-bond acceptors (Lipinski definition) is 2. The van der Waals surface area contributed by atoms with E-state index in [1.807, 2.05) is 66.7 Å². The second-order valence-electron chi connectivity index (χ2n) is 4.76. The van der Waals surface area contributed by atoms with Crippen LogP contribution in [0.25, 0.3) is 11.1 Å². The second-order valence-corrected chi connectivity index (χ2v) is 4.76. The van der Waals surface area contributed by atoms with Crippen LogP contribution in [0.4, 0.5) is 0 Å². The Hall–Kier alpha value is -2.62. The molecular weight excluding hydrogens is 346 g/mol. The first-order chi connectivity index (χ1) is 11.2. The summed E-state index contributed by atoms with van der Waals surface area (Å²) in [5.74, 6) is -1.44. The fraction of sp³-hybridized carbons (Fsp3) is 0.0526. The minimum absolute atomic E-state index is 0. The molecule has 0 unspecified atom stereocenters. The predicted octanol–water partition coefficient (Wildman–Crippen LogP) is 3.29. The van der Waals surface area contributed by atoms with Crippen molar-refractivity contribution in [1.82, 2.24) is 5.32 Å². The molecule has 0 bridgehead atoms. The van der Waals surface area contributed by atoms with Crippen molar-refractivity contribution in [2.45, 2.75) is 0 Å². The molecule has 0 heterocycles. The van der Waals surface area contributed by atoms with Crippen LogP contribution in [0.1, 0.15) is 10.4 Å². The molecule has 24 heavy (non-hydrogen) atoms. The van der Waals surface area contributed by atoms with E-state index in [0.717, 1.165) is 11.1 Å². The maximum Gasteiger partial charge on any atom is 2.00 e. The number of carboxylic acid groups (broad SMARTS) is 1. The maximum absolute atomic E-state index is 11.9. The largest absolute Gasteiger partial charge is 2.00 e. The smallest absolute Gasteiger partial charge is 0.480 e. The molecule has 3 aromatic rings. The number of amides is 1. The van der Waals surface area contributed by atoms with Gasteiger partial charge in [0.1, 0.15) is 6.54 Å². The van der Waals surface area contributed by atoms with Crippen molar-refractivity contribution in [3.8, 4) is 11.1 Å². The summed E-state index contributed by atoms with van der Waals surface area (Å²) in [5.41, 5.74) is 2.21. The molecule has 0 fully saturated rings. The molecule has 0 radical (unpaired) electrons. The zero-order valence-electron chi connectivity index (χ0n) is 12.8. The number of aliphatic carboxylic acids is 1. The van der Waals surface area contributed by atoms with Crippen molar-refractivity contribution in [2.24, 2.45) is 0 Å². The van der Waals surface area contributed by atoms with E-state index in [-0.39, 0.29) is 29.5 Å². The molecule has 0 saturated heterocycles. The zero-order chi connectivity index (χ0) is 16.5. The van der Waals surface area contributed by atoms with Gasteiger partial charge in [0.15, 0.2) is 0 Å². The van der Waals surface area contributed by atoms with Crippen LogP contribution in [0.2, 0.25) is 0 Å². The summed E-state index contributed by atoms with van der Waals surface area (Å²) in [5, 5.41) is 10.9. The summed E-state index contributed by atoms with van der Waals surface area (Å²) < 4.78 is 0. The van der Waals surface area contributed by atoms with Gasteiger partial charge in [0.2, 0.25) is 5.91 Å². The van der Waals surface area contributed by atoms with Gasteiger partial charge in [-0.1, -0.05) is 23.8 Å². The van der Waals surface area contributed by atoms with Gasteiger partial charge < -0.3 is 10.4 Å². The van der Waals surface area contributed by atoms with E-state index < -0.39 is 5.97 Å². The molecule has 2 N–H and O–H groups in total. The van der Waals surface area contributed by atoms with Gasteiger partial charge in [-0.2, -0.15) is 30.3 Å². The standard InChI is InChI=1S/C14H12NO3.C5H5.Fe/c16-13(17)9-15-14(18)12-8-4-3-7-11(12)10-5-1-2-6-10;1-2-4-5-3-1;/h1-8H,9H2,(H,15,18)(H,16,17);1-5H;/q2*-1;+2.